The Kier molecular flexibility index (Phi) is 5.87. The van der Waals surface area contributed by atoms with E-state index in [0.29, 0.717) is 6.61 Å². The van der Waals surface area contributed by atoms with Crippen LogP contribution >= 0.6 is 0 Å². The largest absolute Gasteiger partial charge is 0.466 e. The third-order valence-corrected chi connectivity index (χ3v) is 1.84. The lowest BCUT2D eigenvalue weighted by Gasteiger charge is -2.21. The van der Waals surface area contributed by atoms with Gasteiger partial charge in [-0.1, -0.05) is 0 Å². The number of hydrogen-bond donors (Lipinski definition) is 1. The molecule has 0 fully saturated rings. The van der Waals surface area contributed by atoms with Crippen molar-refractivity contribution in [3.8, 4) is 0 Å². The second kappa shape index (κ2) is 6.37. The lowest BCUT2D eigenvalue weighted by atomic mass is 10.2. The van der Waals surface area contributed by atoms with Gasteiger partial charge in [-0.25, -0.2) is 0 Å². The second-order valence-electron chi connectivity index (χ2n) is 3.10. The highest BCUT2D eigenvalue weighted by Gasteiger charge is 2.23. The van der Waals surface area contributed by atoms with E-state index in [1.54, 1.807) is 33.0 Å². The highest BCUT2D eigenvalue weighted by atomic mass is 16.5. The van der Waals surface area contributed by atoms with Gasteiger partial charge in [-0.2, -0.15) is 0 Å². The zero-order valence-electron chi connectivity index (χ0n) is 9.16. The predicted octanol–water partition coefficient (Wildman–Crippen LogP) is -0.384. The Hall–Kier alpha value is -1.10. The lowest BCUT2D eigenvalue weighted by Crippen LogP contribution is -2.43. The van der Waals surface area contributed by atoms with Crippen LogP contribution in [0.5, 0.6) is 0 Å². The first-order chi connectivity index (χ1) is 6.52. The zero-order valence-corrected chi connectivity index (χ0v) is 9.16. The van der Waals surface area contributed by atoms with Crippen LogP contribution in [0.1, 0.15) is 13.3 Å². The third-order valence-electron chi connectivity index (χ3n) is 1.84. The number of carbonyl (C=O) groups is 2. The quantitative estimate of drug-likeness (QED) is 0.617. The summed E-state index contributed by atoms with van der Waals surface area (Å²) in [6.45, 7) is 2.08. The van der Waals surface area contributed by atoms with Gasteiger partial charge in [0.25, 0.3) is 0 Å². The number of hydrogen-bond acceptors (Lipinski definition) is 4. The van der Waals surface area contributed by atoms with E-state index in [-0.39, 0.29) is 18.3 Å². The summed E-state index contributed by atoms with van der Waals surface area (Å²) in [6.07, 6.45) is 0.0838. The number of nitrogens with one attached hydrogen (secondary N) is 1. The molecule has 5 heteroatoms. The molecule has 0 unspecified atom stereocenters. The third kappa shape index (κ3) is 4.23. The fourth-order valence-electron chi connectivity index (χ4n) is 1.05. The maximum absolute atomic E-state index is 11.3. The van der Waals surface area contributed by atoms with Crippen molar-refractivity contribution in [3.63, 3.8) is 0 Å². The van der Waals surface area contributed by atoms with E-state index in [0.717, 1.165) is 0 Å². The molecule has 14 heavy (non-hydrogen) atoms. The monoisotopic (exact) mass is 202 g/mol. The lowest BCUT2D eigenvalue weighted by molar-refractivity contribution is -0.146. The molecule has 0 aromatic rings. The van der Waals surface area contributed by atoms with Gasteiger partial charge in [-0.15, -0.1) is 0 Å². The summed E-state index contributed by atoms with van der Waals surface area (Å²) in [5, 5.41) is 2.51. The van der Waals surface area contributed by atoms with E-state index in [1.807, 2.05) is 0 Å². The van der Waals surface area contributed by atoms with Crippen molar-refractivity contribution in [1.29, 1.82) is 0 Å². The molecule has 1 N–H and O–H groups in total. The number of rotatable bonds is 5. The molecule has 82 valence electrons. The molecule has 0 saturated carbocycles. The highest BCUT2D eigenvalue weighted by Crippen LogP contribution is 2.01. The van der Waals surface area contributed by atoms with E-state index in [4.69, 9.17) is 4.74 Å². The van der Waals surface area contributed by atoms with E-state index in [9.17, 15) is 9.59 Å². The van der Waals surface area contributed by atoms with Crippen molar-refractivity contribution < 1.29 is 14.3 Å². The molecule has 0 rings (SSSR count). The van der Waals surface area contributed by atoms with Crippen molar-refractivity contribution in [2.24, 2.45) is 0 Å². The Bertz CT molecular complexity index is 204. The molecule has 0 radical (unpaired) electrons. The molecule has 5 nitrogen and oxygen atoms in total. The minimum atomic E-state index is -0.459. The van der Waals surface area contributed by atoms with Crippen molar-refractivity contribution in [1.82, 2.24) is 10.2 Å². The maximum Gasteiger partial charge on any atom is 0.307 e. The van der Waals surface area contributed by atoms with Crippen LogP contribution in [0.2, 0.25) is 0 Å². The second-order valence-corrected chi connectivity index (χ2v) is 3.10. The molecule has 0 saturated heterocycles. The smallest absolute Gasteiger partial charge is 0.307 e. The van der Waals surface area contributed by atoms with Crippen LogP contribution in [0.25, 0.3) is 0 Å². The molecular formula is C9H18N2O3. The van der Waals surface area contributed by atoms with Crippen LogP contribution in [0.15, 0.2) is 0 Å². The Morgan fingerprint density at radius 2 is 2.00 bits per heavy atom. The van der Waals surface area contributed by atoms with Crippen LogP contribution in [0, 0.1) is 0 Å². The first kappa shape index (κ1) is 12.9. The van der Waals surface area contributed by atoms with Crippen LogP contribution < -0.4 is 5.32 Å². The predicted molar refractivity (Wildman–Crippen MR) is 52.8 cm³/mol. The van der Waals surface area contributed by atoms with Crippen molar-refractivity contribution in [3.05, 3.63) is 0 Å². The number of nitrogens with zero attached hydrogens (tertiary/aromatic N) is 1. The zero-order chi connectivity index (χ0) is 11.1. The standard InChI is InChI=1S/C9H18N2O3/c1-5-14-8(12)6-7(11(3)4)9(13)10-2/h7H,5-6H2,1-4H3,(H,10,13)/t7-/m0/s1. The fraction of sp³-hybridized carbons (Fsp3) is 0.778. The van der Waals surface area contributed by atoms with Gasteiger partial charge in [0.05, 0.1) is 19.1 Å². The van der Waals surface area contributed by atoms with Gasteiger partial charge in [0.15, 0.2) is 0 Å². The van der Waals surface area contributed by atoms with Gasteiger partial charge in [0.1, 0.15) is 0 Å². The average Bonchev–Trinajstić information content (AvgIpc) is 2.13. The number of amides is 1. The summed E-state index contributed by atoms with van der Waals surface area (Å²) >= 11 is 0. The normalized spacial score (nSPS) is 12.4. The van der Waals surface area contributed by atoms with Gasteiger partial charge < -0.3 is 10.1 Å². The summed E-state index contributed by atoms with van der Waals surface area (Å²) in [5.41, 5.74) is 0. The van der Waals surface area contributed by atoms with Crippen LogP contribution in [-0.2, 0) is 14.3 Å². The van der Waals surface area contributed by atoms with E-state index >= 15 is 0 Å². The van der Waals surface area contributed by atoms with Gasteiger partial charge in [0, 0.05) is 7.05 Å². The summed E-state index contributed by atoms with van der Waals surface area (Å²) in [7, 11) is 5.04. The number of ether oxygens (including phenoxy) is 1. The molecule has 0 heterocycles. The van der Waals surface area contributed by atoms with E-state index < -0.39 is 6.04 Å². The van der Waals surface area contributed by atoms with Gasteiger partial charge in [0.2, 0.25) is 5.91 Å². The van der Waals surface area contributed by atoms with Crippen LogP contribution in [0.4, 0.5) is 0 Å². The molecule has 0 spiro atoms. The van der Waals surface area contributed by atoms with Crippen LogP contribution in [0.3, 0.4) is 0 Å². The Balaban J connectivity index is 4.23. The fourth-order valence-corrected chi connectivity index (χ4v) is 1.05. The van der Waals surface area contributed by atoms with E-state index in [2.05, 4.69) is 5.32 Å². The number of carbonyl (C=O) groups excluding carboxylic acids is 2. The van der Waals surface area contributed by atoms with Crippen molar-refractivity contribution >= 4 is 11.9 Å². The molecule has 0 aliphatic carbocycles. The average molecular weight is 202 g/mol. The Labute approximate surface area is 84.4 Å². The number of esters is 1. The molecule has 0 aliphatic heterocycles. The summed E-state index contributed by atoms with van der Waals surface area (Å²) < 4.78 is 4.77. The maximum atomic E-state index is 11.3. The molecule has 0 aromatic heterocycles. The van der Waals surface area contributed by atoms with Crippen LogP contribution in [-0.4, -0.2) is 50.6 Å². The topological polar surface area (TPSA) is 58.6 Å². The summed E-state index contributed by atoms with van der Waals surface area (Å²) in [6, 6.07) is -0.459. The molecule has 0 bridgehead atoms. The van der Waals surface area contributed by atoms with Crippen molar-refractivity contribution in [2.45, 2.75) is 19.4 Å². The van der Waals surface area contributed by atoms with Gasteiger partial charge >= 0.3 is 5.97 Å². The Morgan fingerprint density at radius 3 is 2.36 bits per heavy atom. The first-order valence-electron chi connectivity index (χ1n) is 4.56. The molecule has 1 amide bonds. The number of likely N-dealkylation sites (N-methyl/N-ethyl adjacent to an activating group) is 2. The van der Waals surface area contributed by atoms with E-state index in [1.165, 1.54) is 0 Å². The Morgan fingerprint density at radius 1 is 1.43 bits per heavy atom. The molecule has 0 aliphatic rings. The minimum Gasteiger partial charge on any atom is -0.466 e. The molecule has 1 atom stereocenters. The van der Waals surface area contributed by atoms with Gasteiger partial charge in [-0.3, -0.25) is 14.5 Å². The summed E-state index contributed by atoms with van der Waals surface area (Å²) in [4.78, 5) is 24.2. The summed E-state index contributed by atoms with van der Waals surface area (Å²) in [5.74, 6) is -0.530. The highest BCUT2D eigenvalue weighted by molar-refractivity contribution is 5.86. The first-order valence-corrected chi connectivity index (χ1v) is 4.56. The van der Waals surface area contributed by atoms with Crippen molar-refractivity contribution in [2.75, 3.05) is 27.7 Å². The molecule has 0 aromatic carbocycles. The SMILES string of the molecule is CCOC(=O)C[C@@H](C(=O)NC)N(C)C. The molecular weight excluding hydrogens is 184 g/mol. The van der Waals surface area contributed by atoms with Gasteiger partial charge in [-0.05, 0) is 21.0 Å². The minimum absolute atomic E-state index is 0.0838.